The van der Waals surface area contributed by atoms with Crippen molar-refractivity contribution in [1.29, 1.82) is 0 Å². The lowest BCUT2D eigenvalue weighted by atomic mass is 9.89. The van der Waals surface area contributed by atoms with Gasteiger partial charge in [-0.1, -0.05) is 25.2 Å². The van der Waals surface area contributed by atoms with Crippen LogP contribution in [0.25, 0.3) is 5.57 Å². The molecule has 1 aromatic heterocycles. The fraction of sp³-hybridized carbons (Fsp3) is 0.333. The Balaban J connectivity index is 2.34. The molecule has 0 saturated carbocycles. The molecule has 0 radical (unpaired) electrons. The van der Waals surface area contributed by atoms with Crippen molar-refractivity contribution >= 4 is 5.57 Å². The second-order valence-corrected chi connectivity index (χ2v) is 3.71. The molecule has 1 unspecified atom stereocenters. The van der Waals surface area contributed by atoms with Crippen molar-refractivity contribution < 1.29 is 0 Å². The third-order valence-electron chi connectivity index (χ3n) is 2.55. The van der Waals surface area contributed by atoms with Crippen LogP contribution in [0.1, 0.15) is 24.7 Å². The Morgan fingerprint density at radius 1 is 1.29 bits per heavy atom. The van der Waals surface area contributed by atoms with Gasteiger partial charge in [0.25, 0.3) is 0 Å². The van der Waals surface area contributed by atoms with Crippen LogP contribution in [-0.2, 0) is 0 Å². The lowest BCUT2D eigenvalue weighted by Gasteiger charge is -2.16. The normalized spacial score (nSPS) is 20.7. The molecule has 2 nitrogen and oxygen atoms in total. The van der Waals surface area contributed by atoms with Gasteiger partial charge in [0.1, 0.15) is 5.82 Å². The largest absolute Gasteiger partial charge is 0.241 e. The van der Waals surface area contributed by atoms with Crippen molar-refractivity contribution in [3.8, 4) is 0 Å². The van der Waals surface area contributed by atoms with Gasteiger partial charge < -0.3 is 0 Å². The van der Waals surface area contributed by atoms with Gasteiger partial charge in [0.05, 0.1) is 0 Å². The fourth-order valence-electron chi connectivity index (χ4n) is 1.67. The molecule has 0 N–H and O–H groups in total. The van der Waals surface area contributed by atoms with Crippen LogP contribution in [0, 0.1) is 12.8 Å². The van der Waals surface area contributed by atoms with E-state index in [4.69, 9.17) is 0 Å². The Labute approximate surface area is 84.4 Å². The maximum Gasteiger partial charge on any atom is 0.125 e. The molecule has 0 aromatic carbocycles. The predicted molar refractivity (Wildman–Crippen MR) is 57.7 cm³/mol. The molecule has 1 atom stereocenters. The number of aromatic nitrogens is 2. The van der Waals surface area contributed by atoms with Crippen LogP contribution in [0.5, 0.6) is 0 Å². The molecule has 2 rings (SSSR count). The van der Waals surface area contributed by atoms with E-state index in [1.54, 1.807) is 0 Å². The quantitative estimate of drug-likeness (QED) is 0.674. The van der Waals surface area contributed by atoms with Gasteiger partial charge >= 0.3 is 0 Å². The zero-order chi connectivity index (χ0) is 9.97. The molecule has 0 spiro atoms. The van der Waals surface area contributed by atoms with Gasteiger partial charge in [-0.05, 0) is 24.8 Å². The Morgan fingerprint density at radius 2 is 2.00 bits per heavy atom. The van der Waals surface area contributed by atoms with Gasteiger partial charge in [0.2, 0.25) is 0 Å². The van der Waals surface area contributed by atoms with Crippen molar-refractivity contribution in [3.63, 3.8) is 0 Å². The van der Waals surface area contributed by atoms with Crippen LogP contribution in [0.15, 0.2) is 30.6 Å². The van der Waals surface area contributed by atoms with Crippen molar-refractivity contribution in [1.82, 2.24) is 9.97 Å². The highest BCUT2D eigenvalue weighted by molar-refractivity contribution is 5.68. The molecule has 72 valence electrons. The van der Waals surface area contributed by atoms with Crippen LogP contribution in [-0.4, -0.2) is 9.97 Å². The van der Waals surface area contributed by atoms with E-state index in [-0.39, 0.29) is 0 Å². The molecule has 0 saturated heterocycles. The van der Waals surface area contributed by atoms with E-state index in [9.17, 15) is 0 Å². The van der Waals surface area contributed by atoms with Crippen LogP contribution < -0.4 is 0 Å². The van der Waals surface area contributed by atoms with Gasteiger partial charge in [0, 0.05) is 18.0 Å². The summed E-state index contributed by atoms with van der Waals surface area (Å²) in [5.74, 6) is 1.40. The highest BCUT2D eigenvalue weighted by Gasteiger charge is 2.12. The maximum absolute atomic E-state index is 4.21. The lowest BCUT2D eigenvalue weighted by Crippen LogP contribution is -2.02. The van der Waals surface area contributed by atoms with Gasteiger partial charge in [0.15, 0.2) is 0 Å². The first-order valence-corrected chi connectivity index (χ1v) is 4.93. The van der Waals surface area contributed by atoms with Gasteiger partial charge in [-0.3, -0.25) is 0 Å². The molecule has 0 bridgehead atoms. The number of hydrogen-bond donors (Lipinski definition) is 0. The first-order chi connectivity index (χ1) is 6.77. The number of allylic oxidation sites excluding steroid dienone is 4. The summed E-state index contributed by atoms with van der Waals surface area (Å²) in [6.07, 6.45) is 11.4. The smallest absolute Gasteiger partial charge is 0.125 e. The fourth-order valence-corrected chi connectivity index (χ4v) is 1.67. The average Bonchev–Trinajstić information content (AvgIpc) is 2.20. The van der Waals surface area contributed by atoms with Crippen LogP contribution in [0.3, 0.4) is 0 Å². The third-order valence-corrected chi connectivity index (χ3v) is 2.55. The number of nitrogens with zero attached hydrogens (tertiary/aromatic N) is 2. The Kier molecular flexibility index (Phi) is 2.44. The standard InChI is InChI=1S/C12H14N2/c1-9-5-3-4-6-12(9)11-7-13-10(2)14-8-11/h3-4,6-9H,5H2,1-2H3. The summed E-state index contributed by atoms with van der Waals surface area (Å²) in [6.45, 7) is 4.14. The van der Waals surface area contributed by atoms with Crippen molar-refractivity contribution in [2.75, 3.05) is 0 Å². The monoisotopic (exact) mass is 186 g/mol. The summed E-state index contributed by atoms with van der Waals surface area (Å²) in [7, 11) is 0. The summed E-state index contributed by atoms with van der Waals surface area (Å²) in [5, 5.41) is 0. The molecule has 0 aliphatic heterocycles. The molecular weight excluding hydrogens is 172 g/mol. The molecule has 1 aromatic rings. The summed E-state index contributed by atoms with van der Waals surface area (Å²) in [5.41, 5.74) is 2.49. The topological polar surface area (TPSA) is 25.8 Å². The molecule has 2 heteroatoms. The second kappa shape index (κ2) is 3.74. The first kappa shape index (κ1) is 9.13. The van der Waals surface area contributed by atoms with E-state index in [0.717, 1.165) is 17.8 Å². The van der Waals surface area contributed by atoms with Crippen molar-refractivity contribution in [2.45, 2.75) is 20.3 Å². The van der Waals surface area contributed by atoms with Crippen molar-refractivity contribution in [2.24, 2.45) is 5.92 Å². The third kappa shape index (κ3) is 1.74. The van der Waals surface area contributed by atoms with Gasteiger partial charge in [-0.15, -0.1) is 0 Å². The van der Waals surface area contributed by atoms with Crippen LogP contribution in [0.2, 0.25) is 0 Å². The Morgan fingerprint density at radius 3 is 2.64 bits per heavy atom. The molecular formula is C12H14N2. The summed E-state index contributed by atoms with van der Waals surface area (Å²) in [4.78, 5) is 8.43. The summed E-state index contributed by atoms with van der Waals surface area (Å²) < 4.78 is 0. The van der Waals surface area contributed by atoms with E-state index in [1.807, 2.05) is 19.3 Å². The number of aryl methyl sites for hydroxylation is 1. The van der Waals surface area contributed by atoms with E-state index >= 15 is 0 Å². The van der Waals surface area contributed by atoms with Gasteiger partial charge in [-0.2, -0.15) is 0 Å². The highest BCUT2D eigenvalue weighted by atomic mass is 14.8. The van der Waals surface area contributed by atoms with E-state index in [2.05, 4.69) is 35.1 Å². The molecule has 1 heterocycles. The minimum Gasteiger partial charge on any atom is -0.241 e. The van der Waals surface area contributed by atoms with Gasteiger partial charge in [-0.25, -0.2) is 9.97 Å². The van der Waals surface area contributed by atoms with E-state index in [0.29, 0.717) is 5.92 Å². The molecule has 0 fully saturated rings. The van der Waals surface area contributed by atoms with Crippen LogP contribution in [0.4, 0.5) is 0 Å². The summed E-state index contributed by atoms with van der Waals surface area (Å²) >= 11 is 0. The minimum absolute atomic E-state index is 0.575. The lowest BCUT2D eigenvalue weighted by molar-refractivity contribution is 0.756. The first-order valence-electron chi connectivity index (χ1n) is 4.93. The average molecular weight is 186 g/mol. The van der Waals surface area contributed by atoms with Crippen molar-refractivity contribution in [3.05, 3.63) is 42.0 Å². The molecule has 0 amide bonds. The number of hydrogen-bond acceptors (Lipinski definition) is 2. The second-order valence-electron chi connectivity index (χ2n) is 3.71. The summed E-state index contributed by atoms with van der Waals surface area (Å²) in [6, 6.07) is 0. The molecule has 14 heavy (non-hydrogen) atoms. The zero-order valence-corrected chi connectivity index (χ0v) is 8.57. The Hall–Kier alpha value is -1.44. The maximum atomic E-state index is 4.21. The minimum atomic E-state index is 0.575. The predicted octanol–water partition coefficient (Wildman–Crippen LogP) is 2.76. The van der Waals surface area contributed by atoms with Crippen LogP contribution >= 0.6 is 0 Å². The van der Waals surface area contributed by atoms with E-state index < -0.39 is 0 Å². The zero-order valence-electron chi connectivity index (χ0n) is 8.57. The molecule has 1 aliphatic carbocycles. The Bertz CT molecular complexity index is 374. The van der Waals surface area contributed by atoms with E-state index in [1.165, 1.54) is 5.57 Å². The number of rotatable bonds is 1. The highest BCUT2D eigenvalue weighted by Crippen LogP contribution is 2.28. The SMILES string of the molecule is Cc1ncc(C2=CC=CCC2C)cn1. The molecule has 1 aliphatic rings.